The van der Waals surface area contributed by atoms with Crippen molar-refractivity contribution in [1.82, 2.24) is 20.0 Å². The zero-order chi connectivity index (χ0) is 22.5. The third-order valence-electron chi connectivity index (χ3n) is 5.82. The van der Waals surface area contributed by atoms with Crippen molar-refractivity contribution in [3.8, 4) is 11.1 Å². The maximum atomic E-state index is 13.2. The summed E-state index contributed by atoms with van der Waals surface area (Å²) in [5.41, 5.74) is 3.09. The first-order valence-electron chi connectivity index (χ1n) is 10.8. The quantitative estimate of drug-likeness (QED) is 0.674. The van der Waals surface area contributed by atoms with Gasteiger partial charge in [0.1, 0.15) is 5.69 Å². The number of nitrogens with zero attached hydrogens (tertiary/aromatic N) is 3. The van der Waals surface area contributed by atoms with Gasteiger partial charge in [-0.25, -0.2) is 5.10 Å². The van der Waals surface area contributed by atoms with Gasteiger partial charge < -0.3 is 9.80 Å². The van der Waals surface area contributed by atoms with Gasteiger partial charge in [0.15, 0.2) is 0 Å². The lowest BCUT2D eigenvalue weighted by Crippen LogP contribution is -2.38. The summed E-state index contributed by atoms with van der Waals surface area (Å²) in [4.78, 5) is 41.0. The van der Waals surface area contributed by atoms with Crippen LogP contribution in [0.3, 0.4) is 0 Å². The first-order chi connectivity index (χ1) is 15.5. The Morgan fingerprint density at radius 1 is 1.00 bits per heavy atom. The second kappa shape index (κ2) is 9.60. The van der Waals surface area contributed by atoms with Crippen LogP contribution in [0.2, 0.25) is 0 Å². The maximum absolute atomic E-state index is 13.2. The number of hydrogen-bond donors (Lipinski definition) is 1. The van der Waals surface area contributed by atoms with Gasteiger partial charge in [-0.1, -0.05) is 54.6 Å². The van der Waals surface area contributed by atoms with Gasteiger partial charge in [-0.2, -0.15) is 5.10 Å². The molecular formula is C25H26N4O3. The second-order valence-corrected chi connectivity index (χ2v) is 7.94. The van der Waals surface area contributed by atoms with Crippen LogP contribution in [0.25, 0.3) is 11.1 Å². The lowest BCUT2D eigenvalue weighted by atomic mass is 9.94. The minimum Gasteiger partial charge on any atom is -0.341 e. The van der Waals surface area contributed by atoms with Crippen molar-refractivity contribution in [2.75, 3.05) is 26.2 Å². The molecule has 4 rings (SSSR count). The number of H-pyrrole nitrogens is 1. The molecule has 0 saturated carbocycles. The Morgan fingerprint density at radius 2 is 1.78 bits per heavy atom. The fourth-order valence-electron chi connectivity index (χ4n) is 4.11. The van der Waals surface area contributed by atoms with Crippen molar-refractivity contribution < 1.29 is 9.59 Å². The van der Waals surface area contributed by atoms with Gasteiger partial charge in [-0.05, 0) is 36.1 Å². The van der Waals surface area contributed by atoms with Gasteiger partial charge in [-0.15, -0.1) is 0 Å². The summed E-state index contributed by atoms with van der Waals surface area (Å²) < 4.78 is 0. The van der Waals surface area contributed by atoms with Crippen LogP contribution < -0.4 is 5.56 Å². The molecule has 0 bridgehead atoms. The number of aromatic amines is 1. The number of rotatable bonds is 5. The number of hydrogen-bond acceptors (Lipinski definition) is 4. The van der Waals surface area contributed by atoms with E-state index in [1.165, 1.54) is 12.1 Å². The summed E-state index contributed by atoms with van der Waals surface area (Å²) in [6.07, 6.45) is 0.541. The molecule has 1 saturated heterocycles. The highest BCUT2D eigenvalue weighted by Crippen LogP contribution is 2.23. The molecule has 32 heavy (non-hydrogen) atoms. The minimum atomic E-state index is -0.360. The Morgan fingerprint density at radius 3 is 2.50 bits per heavy atom. The fraction of sp³-hybridized carbons (Fsp3) is 0.280. The van der Waals surface area contributed by atoms with Crippen LogP contribution in [-0.2, 0) is 11.2 Å². The molecule has 1 aliphatic rings. The van der Waals surface area contributed by atoms with Crippen LogP contribution >= 0.6 is 0 Å². The van der Waals surface area contributed by atoms with E-state index in [0.717, 1.165) is 16.7 Å². The molecule has 1 atom stereocenters. The summed E-state index contributed by atoms with van der Waals surface area (Å²) in [7, 11) is 0. The molecule has 164 valence electrons. The normalized spacial score (nSPS) is 16.7. The summed E-state index contributed by atoms with van der Waals surface area (Å²) in [5, 5.41) is 6.18. The average molecular weight is 431 g/mol. The summed E-state index contributed by atoms with van der Waals surface area (Å²) in [6, 6.07) is 21.0. The highest BCUT2D eigenvalue weighted by atomic mass is 16.2. The Kier molecular flexibility index (Phi) is 6.44. The van der Waals surface area contributed by atoms with Crippen LogP contribution in [0.4, 0.5) is 0 Å². The zero-order valence-electron chi connectivity index (χ0n) is 18.0. The number of carbonyl (C=O) groups excluding carboxylic acids is 2. The van der Waals surface area contributed by atoms with Crippen molar-refractivity contribution in [2.24, 2.45) is 5.92 Å². The topological polar surface area (TPSA) is 86.4 Å². The Bertz CT molecular complexity index is 1140. The monoisotopic (exact) mass is 430 g/mol. The summed E-state index contributed by atoms with van der Waals surface area (Å²) in [5.74, 6) is -0.576. The van der Waals surface area contributed by atoms with Gasteiger partial charge in [0.05, 0.1) is 5.92 Å². The van der Waals surface area contributed by atoms with E-state index in [2.05, 4.69) is 34.5 Å². The standard InChI is InChI=1S/C25H26N4O3/c1-2-28-13-14-29(25(32)22-11-12-23(30)27-26-22)17-21(24(28)31)16-18-7-6-10-20(15-18)19-8-4-3-5-9-19/h3-12,15,21H,2,13-14,16-17H2,1H3,(H,27,30). The highest BCUT2D eigenvalue weighted by Gasteiger charge is 2.32. The molecule has 1 N–H and O–H groups in total. The van der Waals surface area contributed by atoms with Crippen LogP contribution in [-0.4, -0.2) is 58.0 Å². The van der Waals surface area contributed by atoms with E-state index in [9.17, 15) is 14.4 Å². The average Bonchev–Trinajstić information content (AvgIpc) is 2.98. The third-order valence-corrected chi connectivity index (χ3v) is 5.82. The van der Waals surface area contributed by atoms with Crippen molar-refractivity contribution in [2.45, 2.75) is 13.3 Å². The predicted octanol–water partition coefficient (Wildman–Crippen LogP) is 2.60. The summed E-state index contributed by atoms with van der Waals surface area (Å²) in [6.45, 7) is 3.76. The van der Waals surface area contributed by atoms with Gasteiger partial charge in [0.25, 0.3) is 11.5 Å². The first kappa shape index (κ1) is 21.5. The number of aromatic nitrogens is 2. The molecule has 1 aliphatic heterocycles. The molecule has 1 aromatic heterocycles. The number of amides is 2. The van der Waals surface area contributed by atoms with Gasteiger partial charge in [0, 0.05) is 32.2 Å². The largest absolute Gasteiger partial charge is 0.341 e. The van der Waals surface area contributed by atoms with E-state index in [-0.39, 0.29) is 29.0 Å². The SMILES string of the molecule is CCN1CCN(C(=O)c2ccc(=O)[nH]n2)CC(Cc2cccc(-c3ccccc3)c2)C1=O. The molecule has 7 nitrogen and oxygen atoms in total. The Hall–Kier alpha value is -3.74. The molecule has 0 radical (unpaired) electrons. The van der Waals surface area contributed by atoms with Crippen molar-refractivity contribution in [3.63, 3.8) is 0 Å². The van der Waals surface area contributed by atoms with E-state index < -0.39 is 0 Å². The van der Waals surface area contributed by atoms with E-state index in [4.69, 9.17) is 0 Å². The Labute approximate surface area is 186 Å². The number of nitrogens with one attached hydrogen (secondary N) is 1. The molecule has 2 heterocycles. The molecule has 0 aliphatic carbocycles. The maximum Gasteiger partial charge on any atom is 0.274 e. The molecule has 2 amide bonds. The van der Waals surface area contributed by atoms with E-state index in [0.29, 0.717) is 32.6 Å². The van der Waals surface area contributed by atoms with Crippen LogP contribution in [0.5, 0.6) is 0 Å². The first-order valence-corrected chi connectivity index (χ1v) is 10.8. The van der Waals surface area contributed by atoms with Gasteiger partial charge in [0.2, 0.25) is 5.91 Å². The number of likely N-dealkylation sites (N-methyl/N-ethyl adjacent to an activating group) is 1. The predicted molar refractivity (Wildman–Crippen MR) is 122 cm³/mol. The van der Waals surface area contributed by atoms with Crippen LogP contribution in [0, 0.1) is 5.92 Å². The molecule has 2 aromatic carbocycles. The lowest BCUT2D eigenvalue weighted by molar-refractivity contribution is -0.134. The zero-order valence-corrected chi connectivity index (χ0v) is 18.0. The van der Waals surface area contributed by atoms with E-state index in [1.54, 1.807) is 9.80 Å². The van der Waals surface area contributed by atoms with E-state index >= 15 is 0 Å². The van der Waals surface area contributed by atoms with Crippen LogP contribution in [0.1, 0.15) is 23.0 Å². The smallest absolute Gasteiger partial charge is 0.274 e. The Balaban J connectivity index is 1.58. The van der Waals surface area contributed by atoms with Crippen molar-refractivity contribution >= 4 is 11.8 Å². The van der Waals surface area contributed by atoms with Crippen molar-refractivity contribution in [3.05, 3.63) is 88.3 Å². The van der Waals surface area contributed by atoms with E-state index in [1.807, 2.05) is 37.3 Å². The van der Waals surface area contributed by atoms with Crippen LogP contribution in [0.15, 0.2) is 71.5 Å². The molecule has 1 unspecified atom stereocenters. The highest BCUT2D eigenvalue weighted by molar-refractivity contribution is 5.93. The fourth-order valence-corrected chi connectivity index (χ4v) is 4.11. The molecule has 0 spiro atoms. The second-order valence-electron chi connectivity index (χ2n) is 7.94. The van der Waals surface area contributed by atoms with Crippen molar-refractivity contribution in [1.29, 1.82) is 0 Å². The summed E-state index contributed by atoms with van der Waals surface area (Å²) >= 11 is 0. The number of carbonyl (C=O) groups is 2. The molecule has 7 heteroatoms. The molecular weight excluding hydrogens is 404 g/mol. The van der Waals surface area contributed by atoms with Gasteiger partial charge >= 0.3 is 0 Å². The molecule has 1 fully saturated rings. The van der Waals surface area contributed by atoms with Gasteiger partial charge in [-0.3, -0.25) is 14.4 Å². The number of benzene rings is 2. The molecule has 3 aromatic rings. The minimum absolute atomic E-state index is 0.0577. The third kappa shape index (κ3) is 4.77. The lowest BCUT2D eigenvalue weighted by Gasteiger charge is -2.23.